The molecule has 2 aromatic rings. The number of hydrogen-bond donors (Lipinski definition) is 1. The first-order chi connectivity index (χ1) is 12.2. The Morgan fingerprint density at radius 2 is 1.88 bits per heavy atom. The van der Waals surface area contributed by atoms with Crippen LogP contribution in [0, 0.1) is 6.92 Å². The molecule has 6 heteroatoms. The number of ether oxygens (including phenoxy) is 1. The summed E-state index contributed by atoms with van der Waals surface area (Å²) in [6, 6.07) is 9.67. The highest BCUT2D eigenvalue weighted by Gasteiger charge is 2.21. The number of hydrogen-bond acceptors (Lipinski definition) is 4. The first kappa shape index (κ1) is 17.1. The third-order valence-corrected chi connectivity index (χ3v) is 4.35. The lowest BCUT2D eigenvalue weighted by Gasteiger charge is -2.36. The minimum absolute atomic E-state index is 0.0540. The largest absolute Gasteiger partial charge is 0.494 e. The van der Waals surface area contributed by atoms with Crippen LogP contribution in [0.1, 0.15) is 12.5 Å². The molecule has 2 amide bonds. The molecule has 1 aromatic heterocycles. The standard InChI is InChI=1S/C19H24N4O2/c1-3-25-17-4-5-18(15(2)14-17)21-19(24)23-12-10-22(11-13-23)16-6-8-20-9-7-16/h4-9,14H,3,10-13H2,1-2H3,(H,21,24). The molecule has 0 saturated carbocycles. The van der Waals surface area contributed by atoms with E-state index in [1.165, 1.54) is 0 Å². The van der Waals surface area contributed by atoms with Gasteiger partial charge in [0, 0.05) is 49.9 Å². The number of rotatable bonds is 4. The maximum absolute atomic E-state index is 12.5. The van der Waals surface area contributed by atoms with Crippen molar-refractivity contribution in [3.8, 4) is 5.75 Å². The molecule has 0 bridgehead atoms. The molecule has 0 atom stereocenters. The van der Waals surface area contributed by atoms with E-state index in [9.17, 15) is 4.79 Å². The van der Waals surface area contributed by atoms with Crippen LogP contribution < -0.4 is 15.0 Å². The van der Waals surface area contributed by atoms with Crippen LogP contribution >= 0.6 is 0 Å². The molecular weight excluding hydrogens is 316 g/mol. The van der Waals surface area contributed by atoms with E-state index in [2.05, 4.69) is 15.2 Å². The monoisotopic (exact) mass is 340 g/mol. The van der Waals surface area contributed by atoms with Crippen molar-refractivity contribution in [2.45, 2.75) is 13.8 Å². The fourth-order valence-electron chi connectivity index (χ4n) is 2.95. The first-order valence-corrected chi connectivity index (χ1v) is 8.61. The second-order valence-electron chi connectivity index (χ2n) is 6.02. The van der Waals surface area contributed by atoms with E-state index < -0.39 is 0 Å². The summed E-state index contributed by atoms with van der Waals surface area (Å²) in [4.78, 5) is 20.7. The van der Waals surface area contributed by atoms with Crippen LogP contribution in [0.15, 0.2) is 42.7 Å². The number of aryl methyl sites for hydroxylation is 1. The van der Waals surface area contributed by atoms with Gasteiger partial charge in [-0.25, -0.2) is 4.79 Å². The van der Waals surface area contributed by atoms with Gasteiger partial charge in [-0.3, -0.25) is 4.98 Å². The Balaban J connectivity index is 1.56. The van der Waals surface area contributed by atoms with Crippen LogP contribution in [0.2, 0.25) is 0 Å². The number of carbonyl (C=O) groups excluding carboxylic acids is 1. The molecular formula is C19H24N4O2. The molecule has 1 saturated heterocycles. The highest BCUT2D eigenvalue weighted by molar-refractivity contribution is 5.90. The number of nitrogens with one attached hydrogen (secondary N) is 1. The van der Waals surface area contributed by atoms with Crippen LogP contribution in [-0.4, -0.2) is 48.7 Å². The van der Waals surface area contributed by atoms with E-state index in [1.54, 1.807) is 12.4 Å². The number of nitrogens with zero attached hydrogens (tertiary/aromatic N) is 3. The minimum Gasteiger partial charge on any atom is -0.494 e. The minimum atomic E-state index is -0.0540. The molecule has 132 valence electrons. The lowest BCUT2D eigenvalue weighted by atomic mass is 10.2. The average molecular weight is 340 g/mol. The maximum Gasteiger partial charge on any atom is 0.321 e. The molecule has 0 aliphatic carbocycles. The number of aromatic nitrogens is 1. The van der Waals surface area contributed by atoms with E-state index in [1.807, 2.05) is 49.1 Å². The Kier molecular flexibility index (Phi) is 5.38. The van der Waals surface area contributed by atoms with Gasteiger partial charge in [-0.15, -0.1) is 0 Å². The predicted molar refractivity (Wildman–Crippen MR) is 99.4 cm³/mol. The number of piperazine rings is 1. The van der Waals surface area contributed by atoms with Crippen molar-refractivity contribution < 1.29 is 9.53 Å². The number of amides is 2. The zero-order chi connectivity index (χ0) is 17.6. The van der Waals surface area contributed by atoms with Gasteiger partial charge >= 0.3 is 6.03 Å². The molecule has 1 N–H and O–H groups in total. The van der Waals surface area contributed by atoms with E-state index >= 15 is 0 Å². The fraction of sp³-hybridized carbons (Fsp3) is 0.368. The van der Waals surface area contributed by atoms with Crippen LogP contribution in [-0.2, 0) is 0 Å². The van der Waals surface area contributed by atoms with Crippen molar-refractivity contribution in [2.24, 2.45) is 0 Å². The van der Waals surface area contributed by atoms with Gasteiger partial charge in [-0.2, -0.15) is 0 Å². The Morgan fingerprint density at radius 3 is 2.52 bits per heavy atom. The van der Waals surface area contributed by atoms with Crippen molar-refractivity contribution in [3.05, 3.63) is 48.3 Å². The molecule has 1 aliphatic rings. The molecule has 1 fully saturated rings. The molecule has 0 spiro atoms. The molecule has 0 radical (unpaired) electrons. The van der Waals surface area contributed by atoms with Crippen LogP contribution in [0.5, 0.6) is 5.75 Å². The fourth-order valence-corrected chi connectivity index (χ4v) is 2.95. The predicted octanol–water partition coefficient (Wildman–Crippen LogP) is 3.14. The van der Waals surface area contributed by atoms with Crippen LogP contribution in [0.3, 0.4) is 0 Å². The number of urea groups is 1. The summed E-state index contributed by atoms with van der Waals surface area (Å²) < 4.78 is 5.48. The average Bonchev–Trinajstić information content (AvgIpc) is 2.65. The summed E-state index contributed by atoms with van der Waals surface area (Å²) in [6.07, 6.45) is 3.59. The van der Waals surface area contributed by atoms with Gasteiger partial charge in [-0.05, 0) is 49.7 Å². The van der Waals surface area contributed by atoms with Crippen molar-refractivity contribution in [1.82, 2.24) is 9.88 Å². The van der Waals surface area contributed by atoms with Crippen molar-refractivity contribution in [3.63, 3.8) is 0 Å². The smallest absolute Gasteiger partial charge is 0.321 e. The Labute approximate surface area is 148 Å². The topological polar surface area (TPSA) is 57.7 Å². The van der Waals surface area contributed by atoms with Gasteiger partial charge in [0.05, 0.1) is 6.61 Å². The molecule has 2 heterocycles. The lowest BCUT2D eigenvalue weighted by Crippen LogP contribution is -2.50. The summed E-state index contributed by atoms with van der Waals surface area (Å²) in [5.41, 5.74) is 2.97. The molecule has 0 unspecified atom stereocenters. The normalized spacial score (nSPS) is 14.3. The summed E-state index contributed by atoms with van der Waals surface area (Å²) >= 11 is 0. The van der Waals surface area contributed by atoms with Crippen LogP contribution in [0.25, 0.3) is 0 Å². The maximum atomic E-state index is 12.5. The van der Waals surface area contributed by atoms with Gasteiger partial charge in [0.15, 0.2) is 0 Å². The Bertz CT molecular complexity index is 713. The zero-order valence-electron chi connectivity index (χ0n) is 14.7. The van der Waals surface area contributed by atoms with Gasteiger partial charge in [0.1, 0.15) is 5.75 Å². The second-order valence-corrected chi connectivity index (χ2v) is 6.02. The Hall–Kier alpha value is -2.76. The summed E-state index contributed by atoms with van der Waals surface area (Å²) in [7, 11) is 0. The van der Waals surface area contributed by atoms with Crippen molar-refractivity contribution >= 4 is 17.4 Å². The molecule has 6 nitrogen and oxygen atoms in total. The highest BCUT2D eigenvalue weighted by Crippen LogP contribution is 2.22. The second kappa shape index (κ2) is 7.88. The van der Waals surface area contributed by atoms with Gasteiger partial charge in [-0.1, -0.05) is 0 Å². The van der Waals surface area contributed by atoms with Gasteiger partial charge in [0.25, 0.3) is 0 Å². The van der Waals surface area contributed by atoms with Gasteiger partial charge < -0.3 is 19.9 Å². The third-order valence-electron chi connectivity index (χ3n) is 4.35. The Morgan fingerprint density at radius 1 is 1.16 bits per heavy atom. The van der Waals surface area contributed by atoms with E-state index in [0.29, 0.717) is 19.7 Å². The zero-order valence-corrected chi connectivity index (χ0v) is 14.7. The summed E-state index contributed by atoms with van der Waals surface area (Å²) in [5.74, 6) is 0.823. The van der Waals surface area contributed by atoms with Gasteiger partial charge in [0.2, 0.25) is 0 Å². The summed E-state index contributed by atoms with van der Waals surface area (Å²) in [6.45, 7) is 7.59. The number of carbonyl (C=O) groups is 1. The van der Waals surface area contributed by atoms with Crippen LogP contribution in [0.4, 0.5) is 16.2 Å². The molecule has 1 aliphatic heterocycles. The van der Waals surface area contributed by atoms with Crippen molar-refractivity contribution in [1.29, 1.82) is 0 Å². The number of pyridine rings is 1. The third kappa shape index (κ3) is 4.21. The number of benzene rings is 1. The lowest BCUT2D eigenvalue weighted by molar-refractivity contribution is 0.208. The highest BCUT2D eigenvalue weighted by atomic mass is 16.5. The number of anilines is 2. The molecule has 3 rings (SSSR count). The molecule has 25 heavy (non-hydrogen) atoms. The van der Waals surface area contributed by atoms with E-state index in [4.69, 9.17) is 4.74 Å². The SMILES string of the molecule is CCOc1ccc(NC(=O)N2CCN(c3ccncc3)CC2)c(C)c1. The van der Waals surface area contributed by atoms with Crippen molar-refractivity contribution in [2.75, 3.05) is 43.0 Å². The first-order valence-electron chi connectivity index (χ1n) is 8.61. The quantitative estimate of drug-likeness (QED) is 0.929. The molecule has 1 aromatic carbocycles. The summed E-state index contributed by atoms with van der Waals surface area (Å²) in [5, 5.41) is 3.01. The van der Waals surface area contributed by atoms with E-state index in [0.717, 1.165) is 35.8 Å². The van der Waals surface area contributed by atoms with E-state index in [-0.39, 0.29) is 6.03 Å².